The lowest BCUT2D eigenvalue weighted by Gasteiger charge is -2.24. The summed E-state index contributed by atoms with van der Waals surface area (Å²) in [6.07, 6.45) is 4.15. The van der Waals surface area contributed by atoms with Crippen molar-refractivity contribution < 1.29 is 18.4 Å². The number of rotatable bonds is 2. The van der Waals surface area contributed by atoms with E-state index in [2.05, 4.69) is 4.98 Å². The van der Waals surface area contributed by atoms with Gasteiger partial charge in [0.15, 0.2) is 11.6 Å². The fraction of sp³-hybridized carbons (Fsp3) is 0.316. The quantitative estimate of drug-likeness (QED) is 0.830. The summed E-state index contributed by atoms with van der Waals surface area (Å²) < 4.78 is 26.7. The van der Waals surface area contributed by atoms with Crippen molar-refractivity contribution in [3.8, 4) is 0 Å². The molecule has 134 valence electrons. The average Bonchev–Trinajstić information content (AvgIpc) is 3.20. The van der Waals surface area contributed by atoms with Crippen molar-refractivity contribution in [3.63, 3.8) is 0 Å². The van der Waals surface area contributed by atoms with Crippen LogP contribution in [0.5, 0.6) is 0 Å². The molecule has 1 aromatic heterocycles. The van der Waals surface area contributed by atoms with E-state index in [1.807, 2.05) is 0 Å². The number of nitrogens with zero attached hydrogens (tertiary/aromatic N) is 3. The smallest absolute Gasteiger partial charge is 0.253 e. The molecule has 0 aliphatic carbocycles. The van der Waals surface area contributed by atoms with Gasteiger partial charge in [-0.2, -0.15) is 0 Å². The van der Waals surface area contributed by atoms with Gasteiger partial charge in [-0.15, -0.1) is 0 Å². The molecular weight excluding hydrogens is 340 g/mol. The molecule has 2 saturated heterocycles. The first-order valence-corrected chi connectivity index (χ1v) is 8.42. The number of carbonyl (C=O) groups excluding carboxylic acids is 2. The summed E-state index contributed by atoms with van der Waals surface area (Å²) in [6, 6.07) is 6.81. The molecule has 0 N–H and O–H groups in total. The highest BCUT2D eigenvalue weighted by Crippen LogP contribution is 2.42. The molecule has 5 nitrogen and oxygen atoms in total. The van der Waals surface area contributed by atoms with Crippen molar-refractivity contribution in [1.29, 1.82) is 0 Å². The lowest BCUT2D eigenvalue weighted by atomic mass is 9.86. The molecule has 26 heavy (non-hydrogen) atoms. The standard InChI is InChI=1S/C19H17F2N3O2/c20-15-2-1-14(9-16(15)21)24-12-19(10-17(24)25)5-8-23(11-19)18(26)13-3-6-22-7-4-13/h1-4,6-7,9H,5,8,10-12H2/t19-/m0/s1. The number of anilines is 1. The van der Waals surface area contributed by atoms with Gasteiger partial charge in [0.05, 0.1) is 0 Å². The molecule has 1 atom stereocenters. The largest absolute Gasteiger partial charge is 0.338 e. The van der Waals surface area contributed by atoms with E-state index < -0.39 is 11.6 Å². The minimum atomic E-state index is -0.975. The molecule has 7 heteroatoms. The monoisotopic (exact) mass is 357 g/mol. The summed E-state index contributed by atoms with van der Waals surface area (Å²) in [5.74, 6) is -2.13. The van der Waals surface area contributed by atoms with Gasteiger partial charge in [-0.3, -0.25) is 14.6 Å². The minimum Gasteiger partial charge on any atom is -0.338 e. The second-order valence-corrected chi connectivity index (χ2v) is 6.97. The highest BCUT2D eigenvalue weighted by molar-refractivity contribution is 5.97. The number of likely N-dealkylation sites (tertiary alicyclic amines) is 1. The van der Waals surface area contributed by atoms with Gasteiger partial charge in [-0.25, -0.2) is 8.78 Å². The van der Waals surface area contributed by atoms with Gasteiger partial charge in [0, 0.05) is 61.2 Å². The summed E-state index contributed by atoms with van der Waals surface area (Å²) in [6.45, 7) is 1.44. The molecule has 4 rings (SSSR count). The number of hydrogen-bond donors (Lipinski definition) is 0. The van der Waals surface area contributed by atoms with Crippen molar-refractivity contribution in [2.75, 3.05) is 24.5 Å². The van der Waals surface area contributed by atoms with Gasteiger partial charge in [0.2, 0.25) is 5.91 Å². The highest BCUT2D eigenvalue weighted by Gasteiger charge is 2.48. The number of carbonyl (C=O) groups is 2. The number of hydrogen-bond acceptors (Lipinski definition) is 3. The number of benzene rings is 1. The average molecular weight is 357 g/mol. The highest BCUT2D eigenvalue weighted by atomic mass is 19.2. The third-order valence-electron chi connectivity index (χ3n) is 5.19. The van der Waals surface area contributed by atoms with Crippen LogP contribution in [0.2, 0.25) is 0 Å². The molecule has 0 radical (unpaired) electrons. The van der Waals surface area contributed by atoms with Crippen LogP contribution >= 0.6 is 0 Å². The third-order valence-corrected chi connectivity index (χ3v) is 5.19. The normalized spacial score (nSPS) is 22.5. The Balaban J connectivity index is 1.51. The van der Waals surface area contributed by atoms with Crippen molar-refractivity contribution in [1.82, 2.24) is 9.88 Å². The van der Waals surface area contributed by atoms with Crippen LogP contribution in [0.15, 0.2) is 42.7 Å². The first-order chi connectivity index (χ1) is 12.5. The summed E-state index contributed by atoms with van der Waals surface area (Å²) in [4.78, 5) is 32.2. The molecular formula is C19H17F2N3O2. The van der Waals surface area contributed by atoms with Gasteiger partial charge in [0.1, 0.15) is 0 Å². The first-order valence-electron chi connectivity index (χ1n) is 8.42. The van der Waals surface area contributed by atoms with Crippen molar-refractivity contribution in [2.45, 2.75) is 12.8 Å². The zero-order valence-corrected chi connectivity index (χ0v) is 14.0. The maximum absolute atomic E-state index is 13.5. The first kappa shape index (κ1) is 16.6. The van der Waals surface area contributed by atoms with E-state index in [0.717, 1.165) is 12.1 Å². The van der Waals surface area contributed by atoms with Crippen LogP contribution < -0.4 is 4.90 Å². The third kappa shape index (κ3) is 2.83. The predicted molar refractivity (Wildman–Crippen MR) is 90.5 cm³/mol. The van der Waals surface area contributed by atoms with Crippen molar-refractivity contribution in [2.24, 2.45) is 5.41 Å². The van der Waals surface area contributed by atoms with E-state index in [4.69, 9.17) is 0 Å². The van der Waals surface area contributed by atoms with Crippen LogP contribution in [0.4, 0.5) is 14.5 Å². The summed E-state index contributed by atoms with van der Waals surface area (Å²) in [5.41, 5.74) is 0.577. The number of aromatic nitrogens is 1. The van der Waals surface area contributed by atoms with Gasteiger partial charge in [-0.05, 0) is 30.7 Å². The van der Waals surface area contributed by atoms with Crippen molar-refractivity contribution in [3.05, 3.63) is 59.9 Å². The summed E-state index contributed by atoms with van der Waals surface area (Å²) >= 11 is 0. The van der Waals surface area contributed by atoms with Crippen LogP contribution in [-0.4, -0.2) is 41.3 Å². The Morgan fingerprint density at radius 1 is 1.08 bits per heavy atom. The van der Waals surface area contributed by atoms with Gasteiger partial charge in [0.25, 0.3) is 5.91 Å². The maximum atomic E-state index is 13.5. The number of pyridine rings is 1. The fourth-order valence-corrected chi connectivity index (χ4v) is 3.84. The lowest BCUT2D eigenvalue weighted by Crippen LogP contribution is -2.34. The number of amides is 2. The van der Waals surface area contributed by atoms with E-state index in [9.17, 15) is 18.4 Å². The van der Waals surface area contributed by atoms with Crippen LogP contribution in [-0.2, 0) is 4.79 Å². The molecule has 2 fully saturated rings. The SMILES string of the molecule is O=C(c1ccncc1)N1CC[C@]2(CC(=O)N(c3ccc(F)c(F)c3)C2)C1. The molecule has 0 saturated carbocycles. The van der Waals surface area contributed by atoms with Crippen LogP contribution in [0, 0.1) is 17.0 Å². The summed E-state index contributed by atoms with van der Waals surface area (Å²) in [5, 5.41) is 0. The van der Waals surface area contributed by atoms with Crippen LogP contribution in [0.3, 0.4) is 0 Å². The molecule has 2 amide bonds. The van der Waals surface area contributed by atoms with Gasteiger partial charge >= 0.3 is 0 Å². The Hall–Kier alpha value is -2.83. The predicted octanol–water partition coefficient (Wildman–Crippen LogP) is 2.63. The van der Waals surface area contributed by atoms with Gasteiger partial charge < -0.3 is 9.80 Å². The zero-order valence-electron chi connectivity index (χ0n) is 14.0. The number of halogens is 2. The van der Waals surface area contributed by atoms with E-state index in [-0.39, 0.29) is 17.2 Å². The van der Waals surface area contributed by atoms with Crippen molar-refractivity contribution >= 4 is 17.5 Å². The Kier molecular flexibility index (Phi) is 3.94. The molecule has 2 aliphatic rings. The minimum absolute atomic E-state index is 0.0806. The Labute approximate surface area is 149 Å². The molecule has 0 unspecified atom stereocenters. The zero-order chi connectivity index (χ0) is 18.3. The second kappa shape index (κ2) is 6.16. The van der Waals surface area contributed by atoms with E-state index in [0.29, 0.717) is 43.7 Å². The summed E-state index contributed by atoms with van der Waals surface area (Å²) in [7, 11) is 0. The van der Waals surface area contributed by atoms with E-state index in [1.54, 1.807) is 29.4 Å². The Morgan fingerprint density at radius 2 is 1.85 bits per heavy atom. The Bertz CT molecular complexity index is 874. The second-order valence-electron chi connectivity index (χ2n) is 6.97. The van der Waals surface area contributed by atoms with Crippen LogP contribution in [0.25, 0.3) is 0 Å². The fourth-order valence-electron chi connectivity index (χ4n) is 3.84. The molecule has 2 aromatic rings. The maximum Gasteiger partial charge on any atom is 0.253 e. The van der Waals surface area contributed by atoms with Gasteiger partial charge in [-0.1, -0.05) is 0 Å². The lowest BCUT2D eigenvalue weighted by molar-refractivity contribution is -0.117. The molecule has 1 spiro atoms. The molecule has 0 bridgehead atoms. The topological polar surface area (TPSA) is 53.5 Å². The molecule has 1 aromatic carbocycles. The van der Waals surface area contributed by atoms with E-state index >= 15 is 0 Å². The van der Waals surface area contributed by atoms with E-state index in [1.165, 1.54) is 11.0 Å². The van der Waals surface area contributed by atoms with Crippen LogP contribution in [0.1, 0.15) is 23.2 Å². The molecule has 2 aliphatic heterocycles. The Morgan fingerprint density at radius 3 is 2.58 bits per heavy atom. The molecule has 3 heterocycles.